The van der Waals surface area contributed by atoms with Crippen molar-refractivity contribution in [2.75, 3.05) is 0 Å². The average Bonchev–Trinajstić information content (AvgIpc) is 1.62. The van der Waals surface area contributed by atoms with Crippen molar-refractivity contribution in [3.05, 3.63) is 0 Å². The summed E-state index contributed by atoms with van der Waals surface area (Å²) in [5.74, 6) is 0. The zero-order valence-corrected chi connectivity index (χ0v) is 5.53. The van der Waals surface area contributed by atoms with Crippen molar-refractivity contribution in [3.63, 3.8) is 0 Å². The van der Waals surface area contributed by atoms with Gasteiger partial charge in [0.15, 0.2) is 5.05 Å². The molecule has 0 radical (unpaired) electrons. The monoisotopic (exact) mass is 136 g/mol. The maximum atomic E-state index is 9.75. The summed E-state index contributed by atoms with van der Waals surface area (Å²) in [7, 11) is 0. The molecule has 0 saturated heterocycles. The van der Waals surface area contributed by atoms with Crippen LogP contribution in [0.3, 0.4) is 0 Å². The summed E-state index contributed by atoms with van der Waals surface area (Å²) >= 11 is -0.0961. The van der Waals surface area contributed by atoms with Crippen LogP contribution >= 0.6 is 0 Å². The summed E-state index contributed by atoms with van der Waals surface area (Å²) in [6.45, 7) is 2.68. The van der Waals surface area contributed by atoms with E-state index in [9.17, 15) is 4.21 Å². The highest BCUT2D eigenvalue weighted by atomic mass is 32.1. The minimum absolute atomic E-state index is 0.0961. The number of hydrogen-bond donors (Lipinski definition) is 2. The van der Waals surface area contributed by atoms with Gasteiger partial charge in [-0.3, -0.25) is 0 Å². The van der Waals surface area contributed by atoms with Crippen molar-refractivity contribution >= 4 is 16.3 Å². The Labute approximate surface area is 51.0 Å². The summed E-state index contributed by atoms with van der Waals surface area (Å²) in [4.78, 5) is 0. The number of aliphatic hydroxyl groups is 2. The van der Waals surface area contributed by atoms with Crippen LogP contribution in [0.15, 0.2) is 0 Å². The third-order valence-corrected chi connectivity index (χ3v) is 1.26. The highest BCUT2D eigenvalue weighted by Gasteiger charge is 2.17. The van der Waals surface area contributed by atoms with Crippen molar-refractivity contribution < 1.29 is 14.4 Å². The largest absolute Gasteiger partial charge is 0.383 e. The number of rotatable bonds is 1. The molecule has 4 heteroatoms. The van der Waals surface area contributed by atoms with E-state index in [-0.39, 0.29) is 11.3 Å². The molecule has 0 aromatic carbocycles. The lowest BCUT2D eigenvalue weighted by atomic mass is 10.2. The summed E-state index contributed by atoms with van der Waals surface area (Å²) < 4.78 is 9.75. The van der Waals surface area contributed by atoms with Crippen LogP contribution in [0.4, 0.5) is 0 Å². The van der Waals surface area contributed by atoms with Gasteiger partial charge in [-0.1, -0.05) is 0 Å². The summed E-state index contributed by atoms with van der Waals surface area (Å²) in [5, 5.41) is 16.8. The number of hydrogen-bond acceptors (Lipinski definition) is 2. The molecule has 8 heavy (non-hydrogen) atoms. The van der Waals surface area contributed by atoms with E-state index in [1.807, 2.05) is 0 Å². The zero-order valence-electron chi connectivity index (χ0n) is 4.71. The van der Waals surface area contributed by atoms with Gasteiger partial charge in [0, 0.05) is 0 Å². The molecular weight excluding hydrogens is 128 g/mol. The first kappa shape index (κ1) is 7.81. The van der Waals surface area contributed by atoms with Gasteiger partial charge in [0.25, 0.3) is 0 Å². The minimum Gasteiger partial charge on any atom is -0.383 e. The Morgan fingerprint density at radius 1 is 1.62 bits per heavy atom. The van der Waals surface area contributed by atoms with Gasteiger partial charge in [0.1, 0.15) is 16.9 Å². The second kappa shape index (κ2) is 2.39. The Balaban J connectivity index is 4.26. The van der Waals surface area contributed by atoms with Gasteiger partial charge in [0.05, 0.1) is 0 Å². The highest BCUT2D eigenvalue weighted by molar-refractivity contribution is 7.66. The van der Waals surface area contributed by atoms with Crippen molar-refractivity contribution in [3.8, 4) is 0 Å². The first-order valence-corrected chi connectivity index (χ1v) is 2.81. The van der Waals surface area contributed by atoms with Crippen LogP contribution in [0.5, 0.6) is 0 Å². The lowest BCUT2D eigenvalue weighted by molar-refractivity contribution is 0.136. The maximum Gasteiger partial charge on any atom is 0.174 e. The van der Waals surface area contributed by atoms with Crippen LogP contribution in [-0.2, 0) is 11.3 Å². The molecule has 0 saturated carbocycles. The normalized spacial score (nSPS) is 11.0. The van der Waals surface area contributed by atoms with E-state index in [2.05, 4.69) is 0 Å². The minimum atomic E-state index is -1.37. The Bertz CT molecular complexity index is 129. The fraction of sp³-hybridized carbons (Fsp3) is 0.750. The first-order chi connectivity index (χ1) is 3.48. The Kier molecular flexibility index (Phi) is 2.33. The Morgan fingerprint density at radius 3 is 2.00 bits per heavy atom. The predicted octanol–water partition coefficient (Wildman–Crippen LogP) is -0.342. The molecule has 0 unspecified atom stereocenters. The second-order valence-corrected chi connectivity index (χ2v) is 2.50. The maximum absolute atomic E-state index is 9.75. The Hall–Kier alpha value is -0.190. The number of aliphatic hydroxyl groups excluding tert-OH is 1. The summed E-state index contributed by atoms with van der Waals surface area (Å²) in [5.41, 5.74) is -1.37. The molecule has 0 aliphatic carbocycles. The quantitative estimate of drug-likeness (QED) is 0.485. The van der Waals surface area contributed by atoms with Gasteiger partial charge in [-0.15, -0.1) is 0 Å². The molecule has 0 rings (SSSR count). The molecule has 0 heterocycles. The lowest BCUT2D eigenvalue weighted by Crippen LogP contribution is -2.30. The molecule has 2 N–H and O–H groups in total. The summed E-state index contributed by atoms with van der Waals surface area (Å²) in [6.07, 6.45) is 0. The van der Waals surface area contributed by atoms with Crippen molar-refractivity contribution in [1.82, 2.24) is 0 Å². The third kappa shape index (κ3) is 2.20. The predicted molar refractivity (Wildman–Crippen MR) is 32.1 cm³/mol. The fourth-order valence-electron chi connectivity index (χ4n) is 0.102. The second-order valence-electron chi connectivity index (χ2n) is 1.95. The molecule has 0 spiro atoms. The molecule has 0 fully saturated rings. The SMILES string of the molecule is CC(C)(O)C(O)=S=O. The van der Waals surface area contributed by atoms with Gasteiger partial charge in [-0.2, -0.15) is 0 Å². The van der Waals surface area contributed by atoms with E-state index in [1.54, 1.807) is 0 Å². The molecular formula is C4H8O3S. The van der Waals surface area contributed by atoms with E-state index in [1.165, 1.54) is 13.8 Å². The van der Waals surface area contributed by atoms with E-state index in [0.29, 0.717) is 0 Å². The van der Waals surface area contributed by atoms with Crippen LogP contribution in [0, 0.1) is 0 Å². The molecule has 0 amide bonds. The van der Waals surface area contributed by atoms with Crippen LogP contribution in [0.1, 0.15) is 13.8 Å². The molecule has 0 aromatic heterocycles. The Morgan fingerprint density at radius 2 is 2.00 bits per heavy atom. The van der Waals surface area contributed by atoms with Crippen LogP contribution < -0.4 is 0 Å². The molecule has 0 bridgehead atoms. The topological polar surface area (TPSA) is 57.5 Å². The molecule has 0 atom stereocenters. The zero-order chi connectivity index (χ0) is 6.78. The van der Waals surface area contributed by atoms with E-state index < -0.39 is 10.7 Å². The van der Waals surface area contributed by atoms with Crippen LogP contribution in [0.25, 0.3) is 0 Å². The smallest absolute Gasteiger partial charge is 0.174 e. The standard InChI is InChI=1S/C4H8O3S/c1-4(2,6)3(5)8-7/h5-6H,1-2H3. The average molecular weight is 136 g/mol. The van der Waals surface area contributed by atoms with E-state index in [4.69, 9.17) is 10.2 Å². The van der Waals surface area contributed by atoms with Crippen molar-refractivity contribution in [2.24, 2.45) is 0 Å². The van der Waals surface area contributed by atoms with Gasteiger partial charge in [0.2, 0.25) is 0 Å². The van der Waals surface area contributed by atoms with Crippen molar-refractivity contribution in [1.29, 1.82) is 0 Å². The highest BCUT2D eigenvalue weighted by Crippen LogP contribution is 1.98. The van der Waals surface area contributed by atoms with Gasteiger partial charge < -0.3 is 10.2 Å². The lowest BCUT2D eigenvalue weighted by Gasteiger charge is -2.11. The molecule has 48 valence electrons. The molecule has 0 aliphatic heterocycles. The first-order valence-electron chi connectivity index (χ1n) is 2.07. The van der Waals surface area contributed by atoms with E-state index >= 15 is 0 Å². The van der Waals surface area contributed by atoms with Crippen molar-refractivity contribution in [2.45, 2.75) is 19.4 Å². The van der Waals surface area contributed by atoms with Crippen LogP contribution in [0.2, 0.25) is 0 Å². The molecule has 0 aliphatic rings. The third-order valence-electron chi connectivity index (χ3n) is 0.602. The molecule has 3 nitrogen and oxygen atoms in total. The van der Waals surface area contributed by atoms with Gasteiger partial charge in [-0.25, -0.2) is 4.21 Å². The van der Waals surface area contributed by atoms with Crippen LogP contribution in [-0.4, -0.2) is 25.1 Å². The fourth-order valence-corrected chi connectivity index (χ4v) is 0.306. The van der Waals surface area contributed by atoms with Gasteiger partial charge >= 0.3 is 0 Å². The summed E-state index contributed by atoms with van der Waals surface area (Å²) in [6, 6.07) is 0. The van der Waals surface area contributed by atoms with Gasteiger partial charge in [-0.05, 0) is 13.8 Å². The van der Waals surface area contributed by atoms with E-state index in [0.717, 1.165) is 0 Å². The molecule has 0 aromatic rings.